The van der Waals surface area contributed by atoms with Crippen LogP contribution in [0.25, 0.3) is 0 Å². The Morgan fingerprint density at radius 2 is 1.81 bits per heavy atom. The summed E-state index contributed by atoms with van der Waals surface area (Å²) in [5.74, 6) is 1.47. The molecule has 4 rings (SSSR count). The summed E-state index contributed by atoms with van der Waals surface area (Å²) < 4.78 is 10.5. The molecule has 2 aliphatic heterocycles. The third kappa shape index (κ3) is 2.91. The van der Waals surface area contributed by atoms with Crippen LogP contribution in [-0.2, 0) is 21.4 Å². The summed E-state index contributed by atoms with van der Waals surface area (Å²) >= 11 is 0. The minimum absolute atomic E-state index is 0.0289. The van der Waals surface area contributed by atoms with Gasteiger partial charge in [0, 0.05) is 18.8 Å². The van der Waals surface area contributed by atoms with Crippen molar-refractivity contribution in [1.29, 1.82) is 0 Å². The number of fused-ring (bicyclic) bond motifs is 2. The SMILES string of the molecule is COc1ccc(CC(=O)N2CC[C@@]3(C2)C(=O)Nc2ccc(OC)cc23)cc1. The number of anilines is 1. The zero-order valence-electron chi connectivity index (χ0n) is 15.5. The molecule has 0 unspecified atom stereocenters. The summed E-state index contributed by atoms with van der Waals surface area (Å²) in [6, 6.07) is 13.1. The topological polar surface area (TPSA) is 67.9 Å². The lowest BCUT2D eigenvalue weighted by atomic mass is 9.81. The van der Waals surface area contributed by atoms with Gasteiger partial charge in [0.05, 0.1) is 26.1 Å². The molecular formula is C21H22N2O4. The van der Waals surface area contributed by atoms with Crippen LogP contribution in [-0.4, -0.2) is 44.0 Å². The number of nitrogens with one attached hydrogen (secondary N) is 1. The molecule has 1 N–H and O–H groups in total. The third-order valence-electron chi connectivity index (χ3n) is 5.56. The molecule has 2 heterocycles. The lowest BCUT2D eigenvalue weighted by Gasteiger charge is -2.23. The second kappa shape index (κ2) is 6.61. The first-order chi connectivity index (χ1) is 13.1. The predicted octanol–water partition coefficient (Wildman–Crippen LogP) is 2.37. The number of hydrogen-bond acceptors (Lipinski definition) is 4. The first-order valence-corrected chi connectivity index (χ1v) is 8.96. The van der Waals surface area contributed by atoms with Gasteiger partial charge in [-0.15, -0.1) is 0 Å². The van der Waals surface area contributed by atoms with Crippen molar-refractivity contribution in [2.75, 3.05) is 32.6 Å². The van der Waals surface area contributed by atoms with Gasteiger partial charge in [-0.25, -0.2) is 0 Å². The highest BCUT2D eigenvalue weighted by atomic mass is 16.5. The Hall–Kier alpha value is -3.02. The van der Waals surface area contributed by atoms with Crippen molar-refractivity contribution in [1.82, 2.24) is 4.90 Å². The van der Waals surface area contributed by atoms with Crippen molar-refractivity contribution in [2.24, 2.45) is 0 Å². The Balaban J connectivity index is 1.53. The van der Waals surface area contributed by atoms with Gasteiger partial charge in [0.2, 0.25) is 11.8 Å². The number of ether oxygens (including phenoxy) is 2. The Morgan fingerprint density at radius 3 is 2.52 bits per heavy atom. The second-order valence-electron chi connectivity index (χ2n) is 7.04. The Bertz CT molecular complexity index is 894. The van der Waals surface area contributed by atoms with Gasteiger partial charge in [0.1, 0.15) is 11.5 Å². The van der Waals surface area contributed by atoms with Gasteiger partial charge in [0.25, 0.3) is 0 Å². The highest BCUT2D eigenvalue weighted by Crippen LogP contribution is 2.45. The smallest absolute Gasteiger partial charge is 0.237 e. The molecule has 2 aliphatic rings. The highest BCUT2D eigenvalue weighted by molar-refractivity contribution is 6.07. The lowest BCUT2D eigenvalue weighted by Crippen LogP contribution is -2.39. The van der Waals surface area contributed by atoms with E-state index in [9.17, 15) is 9.59 Å². The van der Waals surface area contributed by atoms with Crippen LogP contribution in [0, 0.1) is 0 Å². The van der Waals surface area contributed by atoms with Crippen LogP contribution in [0.3, 0.4) is 0 Å². The number of nitrogens with zero attached hydrogens (tertiary/aromatic N) is 1. The maximum Gasteiger partial charge on any atom is 0.237 e. The van der Waals surface area contributed by atoms with Crippen LogP contribution >= 0.6 is 0 Å². The lowest BCUT2D eigenvalue weighted by molar-refractivity contribution is -0.129. The molecule has 1 saturated heterocycles. The largest absolute Gasteiger partial charge is 0.497 e. The van der Waals surface area contributed by atoms with Crippen LogP contribution < -0.4 is 14.8 Å². The van der Waals surface area contributed by atoms with Crippen molar-refractivity contribution in [3.63, 3.8) is 0 Å². The molecule has 0 bridgehead atoms. The first-order valence-electron chi connectivity index (χ1n) is 8.96. The van der Waals surface area contributed by atoms with E-state index in [0.29, 0.717) is 31.7 Å². The molecule has 1 fully saturated rings. The molecule has 27 heavy (non-hydrogen) atoms. The van der Waals surface area contributed by atoms with E-state index in [-0.39, 0.29) is 11.8 Å². The monoisotopic (exact) mass is 366 g/mol. The van der Waals surface area contributed by atoms with E-state index < -0.39 is 5.41 Å². The molecule has 2 aromatic rings. The van der Waals surface area contributed by atoms with E-state index in [2.05, 4.69) is 5.32 Å². The number of methoxy groups -OCH3 is 2. The average Bonchev–Trinajstić information content (AvgIpc) is 3.26. The van der Waals surface area contributed by atoms with E-state index >= 15 is 0 Å². The number of likely N-dealkylation sites (tertiary alicyclic amines) is 1. The third-order valence-corrected chi connectivity index (χ3v) is 5.56. The minimum atomic E-state index is -0.681. The van der Waals surface area contributed by atoms with Gasteiger partial charge < -0.3 is 19.7 Å². The molecule has 6 nitrogen and oxygen atoms in total. The summed E-state index contributed by atoms with van der Waals surface area (Å²) in [6.45, 7) is 0.965. The van der Waals surface area contributed by atoms with Gasteiger partial charge >= 0.3 is 0 Å². The maximum atomic E-state index is 12.8. The quantitative estimate of drug-likeness (QED) is 0.902. The number of amides is 2. The zero-order valence-corrected chi connectivity index (χ0v) is 15.5. The fourth-order valence-corrected chi connectivity index (χ4v) is 3.98. The van der Waals surface area contributed by atoms with E-state index in [1.807, 2.05) is 42.5 Å². The summed E-state index contributed by atoms with van der Waals surface area (Å²) in [7, 11) is 3.22. The summed E-state index contributed by atoms with van der Waals surface area (Å²) in [5, 5.41) is 2.96. The number of hydrogen-bond donors (Lipinski definition) is 1. The highest BCUT2D eigenvalue weighted by Gasteiger charge is 2.52. The van der Waals surface area contributed by atoms with Crippen LogP contribution in [0.2, 0.25) is 0 Å². The predicted molar refractivity (Wildman–Crippen MR) is 101 cm³/mol. The Morgan fingerprint density at radius 1 is 1.11 bits per heavy atom. The Kier molecular flexibility index (Phi) is 4.26. The molecule has 140 valence electrons. The molecule has 0 saturated carbocycles. The van der Waals surface area contributed by atoms with E-state index in [1.165, 1.54) is 0 Å². The molecule has 2 amide bonds. The van der Waals surface area contributed by atoms with Crippen LogP contribution in [0.4, 0.5) is 5.69 Å². The molecule has 0 aliphatic carbocycles. The molecule has 0 radical (unpaired) electrons. The summed E-state index contributed by atoms with van der Waals surface area (Å²) in [5.41, 5.74) is 1.98. The van der Waals surface area contributed by atoms with E-state index in [1.54, 1.807) is 19.1 Å². The first kappa shape index (κ1) is 17.4. The molecule has 1 spiro atoms. The van der Waals surface area contributed by atoms with Gasteiger partial charge in [-0.05, 0) is 47.9 Å². The fraction of sp³-hybridized carbons (Fsp3) is 0.333. The molecule has 0 aromatic heterocycles. The van der Waals surface area contributed by atoms with Gasteiger partial charge in [-0.3, -0.25) is 9.59 Å². The van der Waals surface area contributed by atoms with Crippen molar-refractivity contribution in [3.8, 4) is 11.5 Å². The van der Waals surface area contributed by atoms with Crippen molar-refractivity contribution < 1.29 is 19.1 Å². The maximum absolute atomic E-state index is 12.8. The van der Waals surface area contributed by atoms with E-state index in [0.717, 1.165) is 22.6 Å². The van der Waals surface area contributed by atoms with Crippen LogP contribution in [0.1, 0.15) is 17.5 Å². The number of carbonyl (C=O) groups excluding carboxylic acids is 2. The zero-order chi connectivity index (χ0) is 19.0. The van der Waals surface area contributed by atoms with Gasteiger partial charge in [-0.2, -0.15) is 0 Å². The Labute approximate surface area is 158 Å². The van der Waals surface area contributed by atoms with E-state index in [4.69, 9.17) is 9.47 Å². The number of rotatable bonds is 4. The normalized spacial score (nSPS) is 20.5. The minimum Gasteiger partial charge on any atom is -0.497 e. The summed E-state index contributed by atoms with van der Waals surface area (Å²) in [4.78, 5) is 27.3. The molecule has 2 aromatic carbocycles. The second-order valence-corrected chi connectivity index (χ2v) is 7.04. The van der Waals surface area contributed by atoms with Crippen LogP contribution in [0.5, 0.6) is 11.5 Å². The summed E-state index contributed by atoms with van der Waals surface area (Å²) in [6.07, 6.45) is 0.931. The van der Waals surface area contributed by atoms with Crippen molar-refractivity contribution in [2.45, 2.75) is 18.3 Å². The van der Waals surface area contributed by atoms with Crippen molar-refractivity contribution >= 4 is 17.5 Å². The van der Waals surface area contributed by atoms with Crippen molar-refractivity contribution in [3.05, 3.63) is 53.6 Å². The molecule has 6 heteroatoms. The van der Waals surface area contributed by atoms with Gasteiger partial charge in [0.15, 0.2) is 0 Å². The molecular weight excluding hydrogens is 344 g/mol. The number of benzene rings is 2. The van der Waals surface area contributed by atoms with Gasteiger partial charge in [-0.1, -0.05) is 12.1 Å². The fourth-order valence-electron chi connectivity index (χ4n) is 3.98. The number of carbonyl (C=O) groups is 2. The van der Waals surface area contributed by atoms with Crippen LogP contribution in [0.15, 0.2) is 42.5 Å². The average molecular weight is 366 g/mol. The molecule has 1 atom stereocenters. The standard InChI is InChI=1S/C21H22N2O4/c1-26-15-5-3-14(4-6-15)11-19(24)23-10-9-21(13-23)17-12-16(27-2)7-8-18(17)22-20(21)25/h3-8,12H,9-11,13H2,1-2H3,(H,22,25)/t21-/m0/s1.